The van der Waals surface area contributed by atoms with Gasteiger partial charge in [-0.2, -0.15) is 0 Å². The number of methoxy groups -OCH3 is 2. The van der Waals surface area contributed by atoms with Gasteiger partial charge in [-0.3, -0.25) is 0 Å². The van der Waals surface area contributed by atoms with E-state index in [2.05, 4.69) is 25.1 Å². The highest BCUT2D eigenvalue weighted by atomic mass is 16.5. The Morgan fingerprint density at radius 2 is 1.93 bits per heavy atom. The fourth-order valence-electron chi connectivity index (χ4n) is 7.32. The van der Waals surface area contributed by atoms with E-state index in [9.17, 15) is 5.11 Å². The van der Waals surface area contributed by atoms with E-state index in [1.54, 1.807) is 12.7 Å². The highest BCUT2D eigenvalue weighted by molar-refractivity contribution is 5.32. The van der Waals surface area contributed by atoms with Gasteiger partial charge in [-0.25, -0.2) is 0 Å². The average molecular weight is 390 g/mol. The second-order valence-corrected chi connectivity index (χ2v) is 9.93. The van der Waals surface area contributed by atoms with Gasteiger partial charge in [0.25, 0.3) is 0 Å². The molecule has 0 heterocycles. The molecule has 0 aromatic heterocycles. The number of rotatable bonds is 6. The first-order valence-electron chi connectivity index (χ1n) is 11.3. The molecule has 3 fully saturated rings. The Morgan fingerprint density at radius 3 is 2.64 bits per heavy atom. The van der Waals surface area contributed by atoms with Crippen molar-refractivity contribution in [3.8, 4) is 0 Å². The van der Waals surface area contributed by atoms with Gasteiger partial charge in [-0.15, -0.1) is 0 Å². The Morgan fingerprint density at radius 1 is 1.11 bits per heavy atom. The topological polar surface area (TPSA) is 41.9 Å². The van der Waals surface area contributed by atoms with E-state index in [1.807, 2.05) is 7.11 Å². The summed E-state index contributed by atoms with van der Waals surface area (Å²) in [5.74, 6) is 4.77. The molecule has 0 bridgehead atoms. The molecule has 0 radical (unpaired) electrons. The van der Waals surface area contributed by atoms with E-state index in [0.29, 0.717) is 17.8 Å². The SMILES string of the molecule is COC1=CC2CC[C@@H]3[C@H](CC[C@]4(CCCN(C)C)[C@@H](O)CC[C@@H]34)C2=C(OC)C1. The minimum Gasteiger partial charge on any atom is -0.501 e. The summed E-state index contributed by atoms with van der Waals surface area (Å²) in [5.41, 5.74) is 1.74. The zero-order valence-electron chi connectivity index (χ0n) is 18.2. The van der Waals surface area contributed by atoms with Crippen LogP contribution in [0.5, 0.6) is 0 Å². The number of hydrogen-bond acceptors (Lipinski definition) is 4. The zero-order chi connectivity index (χ0) is 19.9. The zero-order valence-corrected chi connectivity index (χ0v) is 18.2. The Hall–Kier alpha value is -1.00. The van der Waals surface area contributed by atoms with Crippen molar-refractivity contribution in [2.75, 3.05) is 34.9 Å². The maximum absolute atomic E-state index is 11.1. The Balaban J connectivity index is 1.58. The molecule has 4 aliphatic carbocycles. The standard InChI is InChI=1S/C24H39NO3/c1-25(2)13-5-11-24-12-10-19-18(20(24)8-9-22(24)26)7-6-16-14-17(27-3)15-21(28-4)23(16)19/h14,16,18-20,22,26H,5-13,15H2,1-4H3/t16?,18-,19+,20+,22+,24+/m1/s1. The molecule has 4 rings (SSSR count). The van der Waals surface area contributed by atoms with Crippen molar-refractivity contribution in [2.45, 2.75) is 63.9 Å². The van der Waals surface area contributed by atoms with Gasteiger partial charge in [0.2, 0.25) is 0 Å². The quantitative estimate of drug-likeness (QED) is 0.733. The second kappa shape index (κ2) is 8.02. The number of nitrogens with zero attached hydrogens (tertiary/aromatic N) is 1. The van der Waals surface area contributed by atoms with Crippen molar-refractivity contribution in [3.63, 3.8) is 0 Å². The molecule has 0 spiro atoms. The van der Waals surface area contributed by atoms with Gasteiger partial charge in [0, 0.05) is 5.92 Å². The summed E-state index contributed by atoms with van der Waals surface area (Å²) < 4.78 is 11.5. The molecule has 3 saturated carbocycles. The molecule has 4 aliphatic rings. The smallest absolute Gasteiger partial charge is 0.103 e. The number of aliphatic hydroxyl groups is 1. The molecule has 0 aromatic carbocycles. The number of allylic oxidation sites excluding steroid dienone is 2. The predicted octanol–water partition coefficient (Wildman–Crippen LogP) is 4.36. The molecule has 0 aliphatic heterocycles. The van der Waals surface area contributed by atoms with Gasteiger partial charge in [-0.05, 0) is 107 Å². The van der Waals surface area contributed by atoms with Gasteiger partial charge >= 0.3 is 0 Å². The summed E-state index contributed by atoms with van der Waals surface area (Å²) in [6.07, 6.45) is 12.6. The summed E-state index contributed by atoms with van der Waals surface area (Å²) in [6, 6.07) is 0. The molecule has 4 heteroatoms. The Labute approximate surface area is 171 Å². The molecule has 0 saturated heterocycles. The van der Waals surface area contributed by atoms with E-state index >= 15 is 0 Å². The van der Waals surface area contributed by atoms with Gasteiger partial charge in [-0.1, -0.05) is 0 Å². The van der Waals surface area contributed by atoms with Crippen LogP contribution in [0.25, 0.3) is 0 Å². The lowest BCUT2D eigenvalue weighted by Gasteiger charge is -2.54. The fourth-order valence-corrected chi connectivity index (χ4v) is 7.32. The van der Waals surface area contributed by atoms with E-state index < -0.39 is 0 Å². The summed E-state index contributed by atoms with van der Waals surface area (Å²) in [6.45, 7) is 1.13. The van der Waals surface area contributed by atoms with E-state index in [4.69, 9.17) is 9.47 Å². The predicted molar refractivity (Wildman–Crippen MR) is 112 cm³/mol. The van der Waals surface area contributed by atoms with Gasteiger partial charge in [0.15, 0.2) is 0 Å². The summed E-state index contributed by atoms with van der Waals surface area (Å²) in [7, 11) is 7.91. The highest BCUT2D eigenvalue weighted by Crippen LogP contribution is 2.63. The molecule has 1 unspecified atom stereocenters. The first-order valence-corrected chi connectivity index (χ1v) is 11.3. The van der Waals surface area contributed by atoms with Crippen LogP contribution >= 0.6 is 0 Å². The van der Waals surface area contributed by atoms with Crippen LogP contribution in [-0.2, 0) is 9.47 Å². The van der Waals surface area contributed by atoms with E-state index in [-0.39, 0.29) is 11.5 Å². The molecular formula is C24H39NO3. The Kier molecular flexibility index (Phi) is 5.81. The first kappa shape index (κ1) is 20.3. The van der Waals surface area contributed by atoms with Crippen LogP contribution in [0, 0.1) is 29.1 Å². The van der Waals surface area contributed by atoms with Crippen LogP contribution in [-0.4, -0.2) is 51.0 Å². The normalized spacial score (nSPS) is 39.9. The maximum atomic E-state index is 11.1. The molecule has 28 heavy (non-hydrogen) atoms. The van der Waals surface area contributed by atoms with Crippen molar-refractivity contribution in [2.24, 2.45) is 29.1 Å². The van der Waals surface area contributed by atoms with Crippen molar-refractivity contribution in [1.29, 1.82) is 0 Å². The van der Waals surface area contributed by atoms with Crippen LogP contribution in [0.3, 0.4) is 0 Å². The number of fused-ring (bicyclic) bond motifs is 5. The second-order valence-electron chi connectivity index (χ2n) is 9.93. The van der Waals surface area contributed by atoms with E-state index in [0.717, 1.165) is 36.8 Å². The summed E-state index contributed by atoms with van der Waals surface area (Å²) in [5, 5.41) is 11.1. The minimum absolute atomic E-state index is 0.0967. The molecule has 0 aromatic rings. The lowest BCUT2D eigenvalue weighted by Crippen LogP contribution is -2.48. The average Bonchev–Trinajstić information content (AvgIpc) is 3.03. The van der Waals surface area contributed by atoms with Crippen LogP contribution in [0.2, 0.25) is 0 Å². The molecule has 6 atom stereocenters. The molecule has 1 N–H and O–H groups in total. The van der Waals surface area contributed by atoms with Gasteiger partial charge in [0.05, 0.1) is 32.5 Å². The largest absolute Gasteiger partial charge is 0.501 e. The fraction of sp³-hybridized carbons (Fsp3) is 0.833. The Bertz CT molecular complexity index is 640. The van der Waals surface area contributed by atoms with Crippen LogP contribution < -0.4 is 0 Å². The van der Waals surface area contributed by atoms with Crippen molar-refractivity contribution in [3.05, 3.63) is 23.2 Å². The summed E-state index contributed by atoms with van der Waals surface area (Å²) >= 11 is 0. The van der Waals surface area contributed by atoms with Crippen LogP contribution in [0.1, 0.15) is 57.8 Å². The van der Waals surface area contributed by atoms with Crippen LogP contribution in [0.4, 0.5) is 0 Å². The number of ether oxygens (including phenoxy) is 2. The van der Waals surface area contributed by atoms with Gasteiger partial charge < -0.3 is 19.5 Å². The molecular weight excluding hydrogens is 350 g/mol. The molecule has 0 amide bonds. The molecule has 4 nitrogen and oxygen atoms in total. The third kappa shape index (κ3) is 3.31. The molecule has 158 valence electrons. The number of hydrogen-bond donors (Lipinski definition) is 1. The lowest BCUT2D eigenvalue weighted by atomic mass is 9.52. The number of aliphatic hydroxyl groups excluding tert-OH is 1. The maximum Gasteiger partial charge on any atom is 0.103 e. The minimum atomic E-state index is -0.0967. The van der Waals surface area contributed by atoms with Crippen molar-refractivity contribution < 1.29 is 14.6 Å². The highest BCUT2D eigenvalue weighted by Gasteiger charge is 2.57. The summed E-state index contributed by atoms with van der Waals surface area (Å²) in [4.78, 5) is 2.28. The van der Waals surface area contributed by atoms with Crippen molar-refractivity contribution >= 4 is 0 Å². The van der Waals surface area contributed by atoms with Gasteiger partial charge in [0.1, 0.15) is 5.76 Å². The lowest BCUT2D eigenvalue weighted by molar-refractivity contribution is -0.0577. The van der Waals surface area contributed by atoms with Crippen LogP contribution in [0.15, 0.2) is 23.2 Å². The monoisotopic (exact) mass is 389 g/mol. The van der Waals surface area contributed by atoms with Crippen molar-refractivity contribution in [1.82, 2.24) is 4.90 Å². The first-order chi connectivity index (χ1) is 13.5. The third-order valence-electron chi connectivity index (χ3n) is 8.52. The third-order valence-corrected chi connectivity index (χ3v) is 8.52. The van der Waals surface area contributed by atoms with E-state index in [1.165, 1.54) is 44.9 Å².